The Balaban J connectivity index is 1.72. The van der Waals surface area contributed by atoms with Crippen LogP contribution in [0.2, 0.25) is 5.02 Å². The number of nitrogens with zero attached hydrogens (tertiary/aromatic N) is 1. The molecule has 3 N–H and O–H groups in total. The maximum Gasteiger partial charge on any atom is 0.407 e. The summed E-state index contributed by atoms with van der Waals surface area (Å²) in [5.74, 6) is 0.0920. The van der Waals surface area contributed by atoms with Crippen LogP contribution >= 0.6 is 11.6 Å². The summed E-state index contributed by atoms with van der Waals surface area (Å²) in [6, 6.07) is 6.75. The van der Waals surface area contributed by atoms with E-state index < -0.39 is 11.7 Å². The fraction of sp³-hybridized carbons (Fsp3) is 0.500. The van der Waals surface area contributed by atoms with Gasteiger partial charge in [0.15, 0.2) is 0 Å². The number of carbonyl (C=O) groups excluding carboxylic acids is 2. The summed E-state index contributed by atoms with van der Waals surface area (Å²) >= 11 is 6.04. The number of alkyl carbamates (subject to hydrolysis) is 1. The van der Waals surface area contributed by atoms with Gasteiger partial charge in [0.2, 0.25) is 0 Å². The Bertz CT molecular complexity index is 934. The number of aliphatic imine (C=N–C) groups is 1. The highest BCUT2D eigenvalue weighted by Gasteiger charge is 2.34. The van der Waals surface area contributed by atoms with Crippen LogP contribution in [0, 0.1) is 5.92 Å². The van der Waals surface area contributed by atoms with Crippen molar-refractivity contribution in [1.29, 1.82) is 0 Å². The molecular formula is C22H29ClN4O3. The van der Waals surface area contributed by atoms with Gasteiger partial charge in [-0.15, -0.1) is 0 Å². The van der Waals surface area contributed by atoms with E-state index in [9.17, 15) is 9.59 Å². The zero-order chi connectivity index (χ0) is 21.9. The van der Waals surface area contributed by atoms with E-state index in [4.69, 9.17) is 16.3 Å². The minimum absolute atomic E-state index is 0.207. The zero-order valence-electron chi connectivity index (χ0n) is 17.6. The predicted molar refractivity (Wildman–Crippen MR) is 119 cm³/mol. The van der Waals surface area contributed by atoms with Gasteiger partial charge in [-0.2, -0.15) is 0 Å². The molecule has 1 fully saturated rings. The van der Waals surface area contributed by atoms with E-state index in [2.05, 4.69) is 27.3 Å². The summed E-state index contributed by atoms with van der Waals surface area (Å²) in [6.45, 7) is 9.67. The lowest BCUT2D eigenvalue weighted by molar-refractivity contribution is 0.0463. The number of ether oxygens (including phenoxy) is 1. The first kappa shape index (κ1) is 22.2. The topological polar surface area (TPSA) is 95.6 Å². The van der Waals surface area contributed by atoms with Crippen LogP contribution in [0.3, 0.4) is 0 Å². The lowest BCUT2D eigenvalue weighted by Crippen LogP contribution is -2.55. The number of hydrogen-bond donors (Lipinski definition) is 3. The maximum atomic E-state index is 12.9. The van der Waals surface area contributed by atoms with Gasteiger partial charge >= 0.3 is 6.09 Å². The number of aromatic amines is 1. The van der Waals surface area contributed by atoms with E-state index in [0.717, 1.165) is 23.7 Å². The van der Waals surface area contributed by atoms with Gasteiger partial charge in [-0.1, -0.05) is 11.6 Å². The second-order valence-corrected chi connectivity index (χ2v) is 9.27. The molecule has 3 rings (SSSR count). The molecule has 30 heavy (non-hydrogen) atoms. The third kappa shape index (κ3) is 5.75. The van der Waals surface area contributed by atoms with Crippen molar-refractivity contribution in [2.45, 2.75) is 57.7 Å². The molecule has 0 unspecified atom stereocenters. The molecule has 0 radical (unpaired) electrons. The average molecular weight is 433 g/mol. The Labute approximate surface area is 181 Å². The van der Waals surface area contributed by atoms with Crippen LogP contribution in [0.15, 0.2) is 29.3 Å². The summed E-state index contributed by atoms with van der Waals surface area (Å²) < 4.78 is 5.41. The fourth-order valence-corrected chi connectivity index (χ4v) is 4.05. The number of aromatic nitrogens is 1. The van der Waals surface area contributed by atoms with Gasteiger partial charge in [0.05, 0.1) is 6.04 Å². The SMILES string of the molecule is C=NC[C@H]1CC[C@H](NC(=O)c2cc3cc(Cl)ccc3[nH]2)[C@H](NC(=O)OC(C)(C)C)C1. The molecule has 0 bridgehead atoms. The molecule has 1 aromatic heterocycles. The molecule has 0 saturated heterocycles. The molecule has 3 atom stereocenters. The van der Waals surface area contributed by atoms with Gasteiger partial charge in [0.25, 0.3) is 5.91 Å². The smallest absolute Gasteiger partial charge is 0.407 e. The third-order valence-corrected chi connectivity index (χ3v) is 5.43. The number of benzene rings is 1. The summed E-state index contributed by atoms with van der Waals surface area (Å²) in [6.07, 6.45) is 1.85. The lowest BCUT2D eigenvalue weighted by atomic mass is 9.82. The van der Waals surface area contributed by atoms with E-state index >= 15 is 0 Å². The van der Waals surface area contributed by atoms with E-state index in [1.54, 1.807) is 12.1 Å². The van der Waals surface area contributed by atoms with Gasteiger partial charge < -0.3 is 25.3 Å². The number of H-pyrrole nitrogens is 1. The maximum absolute atomic E-state index is 12.9. The number of rotatable bonds is 5. The summed E-state index contributed by atoms with van der Waals surface area (Å²) in [7, 11) is 0. The second kappa shape index (κ2) is 9.08. The molecule has 2 amide bonds. The first-order valence-corrected chi connectivity index (χ1v) is 10.5. The molecule has 1 aliphatic rings. The number of carbonyl (C=O) groups is 2. The van der Waals surface area contributed by atoms with Gasteiger partial charge in [-0.25, -0.2) is 4.79 Å². The standard InChI is InChI=1S/C22H29ClN4O3/c1-22(2,3)30-21(29)27-18-9-13(12-24-4)5-7-17(18)26-20(28)19-11-14-10-15(23)6-8-16(14)25-19/h6,8,10-11,13,17-18,25H,4-5,7,9,12H2,1-3H3,(H,26,28)(H,27,29)/t13-,17-,18+/m0/s1. The van der Waals surface area contributed by atoms with E-state index in [0.29, 0.717) is 29.6 Å². The van der Waals surface area contributed by atoms with Gasteiger partial charge in [-0.05, 0) is 76.9 Å². The van der Waals surface area contributed by atoms with Crippen LogP contribution in [0.4, 0.5) is 4.79 Å². The molecule has 1 aromatic carbocycles. The Morgan fingerprint density at radius 1 is 1.23 bits per heavy atom. The summed E-state index contributed by atoms with van der Waals surface area (Å²) in [4.78, 5) is 32.4. The Kier molecular flexibility index (Phi) is 6.71. The van der Waals surface area contributed by atoms with E-state index in [1.165, 1.54) is 0 Å². The van der Waals surface area contributed by atoms with Crippen LogP contribution in [0.1, 0.15) is 50.5 Å². The van der Waals surface area contributed by atoms with Crippen molar-refractivity contribution in [3.05, 3.63) is 35.0 Å². The first-order valence-electron chi connectivity index (χ1n) is 10.2. The Hall–Kier alpha value is -2.54. The minimum Gasteiger partial charge on any atom is -0.444 e. The molecule has 8 heteroatoms. The van der Waals surface area contributed by atoms with Crippen LogP contribution in [0.5, 0.6) is 0 Å². The largest absolute Gasteiger partial charge is 0.444 e. The van der Waals surface area contributed by atoms with Crippen molar-refractivity contribution in [2.24, 2.45) is 10.9 Å². The van der Waals surface area contributed by atoms with Crippen LogP contribution in [-0.4, -0.2) is 47.9 Å². The number of halogens is 1. The number of nitrogens with one attached hydrogen (secondary N) is 3. The van der Waals surface area contributed by atoms with Crippen molar-refractivity contribution in [2.75, 3.05) is 6.54 Å². The van der Waals surface area contributed by atoms with Crippen molar-refractivity contribution >= 4 is 41.2 Å². The first-order chi connectivity index (χ1) is 14.1. The van der Waals surface area contributed by atoms with Crippen LogP contribution in [0.25, 0.3) is 10.9 Å². The monoisotopic (exact) mass is 432 g/mol. The molecule has 1 saturated carbocycles. The van der Waals surface area contributed by atoms with Gasteiger partial charge in [-0.3, -0.25) is 4.79 Å². The zero-order valence-corrected chi connectivity index (χ0v) is 18.4. The van der Waals surface area contributed by atoms with Crippen molar-refractivity contribution in [3.8, 4) is 0 Å². The Morgan fingerprint density at radius 2 is 2.00 bits per heavy atom. The molecule has 1 heterocycles. The van der Waals surface area contributed by atoms with Gasteiger partial charge in [0.1, 0.15) is 11.3 Å². The molecule has 0 aliphatic heterocycles. The second-order valence-electron chi connectivity index (χ2n) is 8.83. The Morgan fingerprint density at radius 3 is 2.70 bits per heavy atom. The third-order valence-electron chi connectivity index (χ3n) is 5.19. The van der Waals surface area contributed by atoms with Crippen molar-refractivity contribution < 1.29 is 14.3 Å². The highest BCUT2D eigenvalue weighted by atomic mass is 35.5. The summed E-state index contributed by atoms with van der Waals surface area (Å²) in [5.41, 5.74) is 0.706. The highest BCUT2D eigenvalue weighted by Crippen LogP contribution is 2.26. The lowest BCUT2D eigenvalue weighted by Gasteiger charge is -2.36. The molecule has 7 nitrogen and oxygen atoms in total. The average Bonchev–Trinajstić information content (AvgIpc) is 3.05. The molecule has 162 valence electrons. The molecule has 2 aromatic rings. The summed E-state index contributed by atoms with van der Waals surface area (Å²) in [5, 5.41) is 7.50. The van der Waals surface area contributed by atoms with E-state index in [-0.39, 0.29) is 18.0 Å². The van der Waals surface area contributed by atoms with Crippen LogP contribution in [-0.2, 0) is 4.74 Å². The fourth-order valence-electron chi connectivity index (χ4n) is 3.87. The number of hydrogen-bond acceptors (Lipinski definition) is 4. The van der Waals surface area contributed by atoms with E-state index in [1.807, 2.05) is 32.9 Å². The minimum atomic E-state index is -0.592. The number of fused-ring (bicyclic) bond motifs is 1. The predicted octanol–water partition coefficient (Wildman–Crippen LogP) is 4.31. The molecular weight excluding hydrogens is 404 g/mol. The highest BCUT2D eigenvalue weighted by molar-refractivity contribution is 6.31. The normalized spacial score (nSPS) is 21.8. The van der Waals surface area contributed by atoms with Crippen molar-refractivity contribution in [1.82, 2.24) is 15.6 Å². The quantitative estimate of drug-likeness (QED) is 0.614. The molecule has 1 aliphatic carbocycles. The molecule has 0 spiro atoms. The van der Waals surface area contributed by atoms with Crippen molar-refractivity contribution in [3.63, 3.8) is 0 Å². The van der Waals surface area contributed by atoms with Crippen LogP contribution < -0.4 is 10.6 Å². The van der Waals surface area contributed by atoms with Gasteiger partial charge in [0, 0.05) is 28.5 Å². The number of amides is 2.